The first-order chi connectivity index (χ1) is 9.31. The minimum atomic E-state index is -0.0384. The van der Waals surface area contributed by atoms with Crippen LogP contribution in [0.2, 0.25) is 0 Å². The Balaban J connectivity index is 1.61. The van der Waals surface area contributed by atoms with Gasteiger partial charge in [0.1, 0.15) is 5.82 Å². The summed E-state index contributed by atoms with van der Waals surface area (Å²) in [6.07, 6.45) is 2.67. The molecule has 96 valence electrons. The maximum Gasteiger partial charge on any atom is 0.225 e. The molecule has 0 saturated heterocycles. The van der Waals surface area contributed by atoms with Gasteiger partial charge in [0, 0.05) is 18.9 Å². The van der Waals surface area contributed by atoms with Crippen LogP contribution >= 0.6 is 11.3 Å². The number of benzene rings is 1. The number of carbonyl (C=O) groups is 1. The molecule has 1 aromatic carbocycles. The molecule has 6 heteroatoms. The molecule has 0 radical (unpaired) electrons. The number of amides is 1. The molecule has 3 rings (SSSR count). The molecule has 19 heavy (non-hydrogen) atoms. The Hall–Kier alpha value is -2.21. The molecule has 0 unspecified atom stereocenters. The topological polar surface area (TPSA) is 70.7 Å². The van der Waals surface area contributed by atoms with Gasteiger partial charge in [-0.1, -0.05) is 12.1 Å². The highest BCUT2D eigenvalue weighted by molar-refractivity contribution is 7.18. The number of aromatic amines is 1. The molecular formula is C13H12N4OS. The summed E-state index contributed by atoms with van der Waals surface area (Å²) < 4.78 is 1.16. The van der Waals surface area contributed by atoms with E-state index < -0.39 is 0 Å². The number of fused-ring (bicyclic) bond motifs is 1. The van der Waals surface area contributed by atoms with Crippen molar-refractivity contribution in [3.63, 3.8) is 0 Å². The molecule has 5 nitrogen and oxygen atoms in total. The van der Waals surface area contributed by atoms with Crippen molar-refractivity contribution in [3.8, 4) is 0 Å². The van der Waals surface area contributed by atoms with Crippen molar-refractivity contribution in [3.05, 3.63) is 41.5 Å². The Morgan fingerprint density at radius 3 is 3.00 bits per heavy atom. The zero-order valence-corrected chi connectivity index (χ0v) is 10.9. The van der Waals surface area contributed by atoms with E-state index in [2.05, 4.69) is 20.5 Å². The number of aromatic nitrogens is 3. The monoisotopic (exact) mass is 272 g/mol. The Morgan fingerprint density at radius 1 is 1.32 bits per heavy atom. The quantitative estimate of drug-likeness (QED) is 0.767. The first kappa shape index (κ1) is 11.9. The molecule has 3 aromatic rings. The van der Waals surface area contributed by atoms with Crippen LogP contribution in [-0.2, 0) is 11.2 Å². The Kier molecular flexibility index (Phi) is 3.24. The summed E-state index contributed by atoms with van der Waals surface area (Å²) in [6.45, 7) is 0. The van der Waals surface area contributed by atoms with Gasteiger partial charge in [-0.15, -0.1) is 11.3 Å². The second-order valence-corrected chi connectivity index (χ2v) is 5.21. The van der Waals surface area contributed by atoms with Crippen LogP contribution in [0.25, 0.3) is 10.2 Å². The van der Waals surface area contributed by atoms with Crippen LogP contribution in [0.1, 0.15) is 11.4 Å². The standard InChI is InChI=1S/C13H12N4OS/c18-12(16-11-7-8-14-17-11)5-6-13-15-9-3-1-2-4-10(9)19-13/h1-4,7-8H,5-6H2,(H2,14,16,17,18). The van der Waals surface area contributed by atoms with Gasteiger partial charge in [0.15, 0.2) is 0 Å². The molecule has 0 aliphatic rings. The van der Waals surface area contributed by atoms with Gasteiger partial charge >= 0.3 is 0 Å². The van der Waals surface area contributed by atoms with E-state index in [0.29, 0.717) is 18.7 Å². The number of hydrogen-bond donors (Lipinski definition) is 2. The van der Waals surface area contributed by atoms with E-state index in [1.54, 1.807) is 23.6 Å². The molecule has 0 fully saturated rings. The number of anilines is 1. The molecule has 1 amide bonds. The lowest BCUT2D eigenvalue weighted by molar-refractivity contribution is -0.116. The first-order valence-corrected chi connectivity index (χ1v) is 6.76. The van der Waals surface area contributed by atoms with E-state index in [0.717, 1.165) is 15.2 Å². The second-order valence-electron chi connectivity index (χ2n) is 4.09. The van der Waals surface area contributed by atoms with Crippen LogP contribution in [0.4, 0.5) is 5.82 Å². The molecular weight excluding hydrogens is 260 g/mol. The summed E-state index contributed by atoms with van der Waals surface area (Å²) in [7, 11) is 0. The third kappa shape index (κ3) is 2.79. The third-order valence-corrected chi connectivity index (χ3v) is 3.78. The van der Waals surface area contributed by atoms with Crippen LogP contribution in [0, 0.1) is 0 Å². The first-order valence-electron chi connectivity index (χ1n) is 5.95. The molecule has 0 spiro atoms. The minimum absolute atomic E-state index is 0.0384. The fourth-order valence-electron chi connectivity index (χ4n) is 1.79. The number of carbonyl (C=O) groups excluding carboxylic acids is 1. The van der Waals surface area contributed by atoms with E-state index in [1.807, 2.05) is 24.3 Å². The van der Waals surface area contributed by atoms with Crippen LogP contribution in [0.5, 0.6) is 0 Å². The molecule has 0 aliphatic carbocycles. The number of para-hydroxylation sites is 1. The van der Waals surface area contributed by atoms with Gasteiger partial charge in [-0.2, -0.15) is 5.10 Å². The summed E-state index contributed by atoms with van der Waals surface area (Å²) in [4.78, 5) is 16.2. The van der Waals surface area contributed by atoms with Crippen molar-refractivity contribution in [2.75, 3.05) is 5.32 Å². The Labute approximate surface area is 113 Å². The Bertz CT molecular complexity index is 657. The smallest absolute Gasteiger partial charge is 0.225 e. The predicted octanol–water partition coefficient (Wildman–Crippen LogP) is 2.59. The molecule has 0 atom stereocenters. The lowest BCUT2D eigenvalue weighted by Crippen LogP contribution is -2.12. The number of nitrogens with zero attached hydrogens (tertiary/aromatic N) is 2. The van der Waals surface area contributed by atoms with Gasteiger partial charge < -0.3 is 5.32 Å². The highest BCUT2D eigenvalue weighted by atomic mass is 32.1. The van der Waals surface area contributed by atoms with Crippen molar-refractivity contribution in [1.82, 2.24) is 15.2 Å². The average molecular weight is 272 g/mol. The van der Waals surface area contributed by atoms with Crippen LogP contribution in [0.15, 0.2) is 36.5 Å². The van der Waals surface area contributed by atoms with E-state index in [4.69, 9.17) is 0 Å². The highest BCUT2D eigenvalue weighted by Gasteiger charge is 2.07. The van der Waals surface area contributed by atoms with Gasteiger partial charge in [0.25, 0.3) is 0 Å². The zero-order chi connectivity index (χ0) is 13.1. The minimum Gasteiger partial charge on any atom is -0.311 e. The van der Waals surface area contributed by atoms with E-state index in [1.165, 1.54) is 0 Å². The number of rotatable bonds is 4. The van der Waals surface area contributed by atoms with Crippen LogP contribution in [0.3, 0.4) is 0 Å². The molecule has 2 aromatic heterocycles. The zero-order valence-electron chi connectivity index (χ0n) is 10.1. The summed E-state index contributed by atoms with van der Waals surface area (Å²) in [5.74, 6) is 0.581. The molecule has 0 bridgehead atoms. The summed E-state index contributed by atoms with van der Waals surface area (Å²) in [5.41, 5.74) is 0.997. The fraction of sp³-hybridized carbons (Fsp3) is 0.154. The summed E-state index contributed by atoms with van der Waals surface area (Å²) in [5, 5.41) is 10.2. The number of aryl methyl sites for hydroxylation is 1. The third-order valence-electron chi connectivity index (χ3n) is 2.68. The van der Waals surface area contributed by atoms with Gasteiger partial charge in [0.05, 0.1) is 21.4 Å². The van der Waals surface area contributed by atoms with Crippen molar-refractivity contribution in [2.24, 2.45) is 0 Å². The number of H-pyrrole nitrogens is 1. The van der Waals surface area contributed by atoms with Crippen LogP contribution in [-0.4, -0.2) is 21.1 Å². The Morgan fingerprint density at radius 2 is 2.21 bits per heavy atom. The number of nitrogens with one attached hydrogen (secondary N) is 2. The van der Waals surface area contributed by atoms with E-state index in [-0.39, 0.29) is 5.91 Å². The average Bonchev–Trinajstić information content (AvgIpc) is 3.04. The highest BCUT2D eigenvalue weighted by Crippen LogP contribution is 2.22. The lowest BCUT2D eigenvalue weighted by atomic mass is 10.3. The van der Waals surface area contributed by atoms with Gasteiger partial charge in [-0.25, -0.2) is 4.98 Å². The van der Waals surface area contributed by atoms with E-state index >= 15 is 0 Å². The number of thiazole rings is 1. The van der Waals surface area contributed by atoms with Crippen molar-refractivity contribution < 1.29 is 4.79 Å². The molecule has 2 N–H and O–H groups in total. The van der Waals surface area contributed by atoms with Crippen molar-refractivity contribution in [1.29, 1.82) is 0 Å². The fourth-order valence-corrected chi connectivity index (χ4v) is 2.75. The van der Waals surface area contributed by atoms with Crippen LogP contribution < -0.4 is 5.32 Å². The SMILES string of the molecule is O=C(CCc1nc2ccccc2s1)Nc1ccn[nH]1. The largest absolute Gasteiger partial charge is 0.311 e. The van der Waals surface area contributed by atoms with Gasteiger partial charge in [-0.3, -0.25) is 9.89 Å². The van der Waals surface area contributed by atoms with Gasteiger partial charge in [0.2, 0.25) is 5.91 Å². The number of hydrogen-bond acceptors (Lipinski definition) is 4. The van der Waals surface area contributed by atoms with Crippen molar-refractivity contribution >= 4 is 33.3 Å². The summed E-state index contributed by atoms with van der Waals surface area (Å²) >= 11 is 1.64. The predicted molar refractivity (Wildman–Crippen MR) is 75.2 cm³/mol. The maximum atomic E-state index is 11.7. The molecule has 0 aliphatic heterocycles. The second kappa shape index (κ2) is 5.19. The molecule has 0 saturated carbocycles. The lowest BCUT2D eigenvalue weighted by Gasteiger charge is -2.00. The van der Waals surface area contributed by atoms with E-state index in [9.17, 15) is 4.79 Å². The van der Waals surface area contributed by atoms with Crippen molar-refractivity contribution in [2.45, 2.75) is 12.8 Å². The van der Waals surface area contributed by atoms with Gasteiger partial charge in [-0.05, 0) is 12.1 Å². The summed E-state index contributed by atoms with van der Waals surface area (Å²) in [6, 6.07) is 9.71. The maximum absolute atomic E-state index is 11.7. The molecule has 2 heterocycles. The normalized spacial score (nSPS) is 10.7.